The second kappa shape index (κ2) is 7.97. The molecule has 0 radical (unpaired) electrons. The molecule has 0 bridgehead atoms. The number of carbonyl (C=O) groups is 1. The van der Waals surface area contributed by atoms with Gasteiger partial charge in [-0.15, -0.1) is 0 Å². The van der Waals surface area contributed by atoms with Crippen LogP contribution in [0, 0.1) is 0 Å². The van der Waals surface area contributed by atoms with Crippen molar-refractivity contribution >= 4 is 17.4 Å². The van der Waals surface area contributed by atoms with Crippen LogP contribution in [0.1, 0.15) is 58.1 Å². The van der Waals surface area contributed by atoms with E-state index >= 15 is 0 Å². The molecule has 1 aliphatic rings. The molecule has 2 amide bonds. The summed E-state index contributed by atoms with van der Waals surface area (Å²) in [5.41, 5.74) is 1.12. The lowest BCUT2D eigenvalue weighted by molar-refractivity contribution is 0.194. The van der Waals surface area contributed by atoms with Crippen molar-refractivity contribution in [1.82, 2.24) is 15.5 Å². The molecule has 1 fully saturated rings. The average molecular weight is 324 g/mol. The third-order valence-corrected chi connectivity index (χ3v) is 4.66. The van der Waals surface area contributed by atoms with Crippen LogP contribution >= 0.6 is 11.3 Å². The highest BCUT2D eigenvalue weighted by atomic mass is 32.1. The summed E-state index contributed by atoms with van der Waals surface area (Å²) in [6, 6.07) is 2.39. The van der Waals surface area contributed by atoms with Gasteiger partial charge in [0.2, 0.25) is 0 Å². The van der Waals surface area contributed by atoms with Gasteiger partial charge in [-0.3, -0.25) is 4.90 Å². The fourth-order valence-corrected chi connectivity index (χ4v) is 3.61. The van der Waals surface area contributed by atoms with E-state index in [1.54, 1.807) is 11.3 Å². The SMILES string of the molecule is CC(C)(C)NC(=O)NCC(c1ccsc1)N1CCCCCC1. The zero-order valence-electron chi connectivity index (χ0n) is 14.0. The highest BCUT2D eigenvalue weighted by molar-refractivity contribution is 7.07. The van der Waals surface area contributed by atoms with Crippen molar-refractivity contribution in [1.29, 1.82) is 0 Å². The standard InChI is InChI=1S/C17H29N3OS/c1-17(2,3)19-16(21)18-12-15(14-8-11-22-13-14)20-9-6-4-5-7-10-20/h8,11,13,15H,4-7,9-10,12H2,1-3H3,(H2,18,19,21). The summed E-state index contributed by atoms with van der Waals surface area (Å²) in [6.07, 6.45) is 5.17. The van der Waals surface area contributed by atoms with Gasteiger partial charge in [-0.1, -0.05) is 12.8 Å². The van der Waals surface area contributed by atoms with Crippen LogP contribution in [0.2, 0.25) is 0 Å². The van der Waals surface area contributed by atoms with Gasteiger partial charge in [0, 0.05) is 12.1 Å². The van der Waals surface area contributed by atoms with Gasteiger partial charge in [0.15, 0.2) is 0 Å². The van der Waals surface area contributed by atoms with Crippen molar-refractivity contribution in [2.45, 2.75) is 58.0 Å². The molecule has 5 heteroatoms. The summed E-state index contributed by atoms with van der Waals surface area (Å²) in [7, 11) is 0. The van der Waals surface area contributed by atoms with Crippen LogP contribution in [-0.2, 0) is 0 Å². The van der Waals surface area contributed by atoms with Crippen LogP contribution in [0.3, 0.4) is 0 Å². The first-order valence-corrected chi connectivity index (χ1v) is 9.22. The number of hydrogen-bond donors (Lipinski definition) is 2. The Hall–Kier alpha value is -1.07. The summed E-state index contributed by atoms with van der Waals surface area (Å²) in [5.74, 6) is 0. The third kappa shape index (κ3) is 5.61. The number of likely N-dealkylation sites (tertiary alicyclic amines) is 1. The zero-order valence-corrected chi connectivity index (χ0v) is 14.8. The molecule has 4 nitrogen and oxygen atoms in total. The second-order valence-electron chi connectivity index (χ2n) is 7.11. The molecule has 0 aromatic carbocycles. The highest BCUT2D eigenvalue weighted by Crippen LogP contribution is 2.25. The first kappa shape index (κ1) is 17.3. The van der Waals surface area contributed by atoms with Crippen molar-refractivity contribution in [3.63, 3.8) is 0 Å². The average Bonchev–Trinajstić information content (AvgIpc) is 2.80. The van der Waals surface area contributed by atoms with E-state index in [9.17, 15) is 4.79 Å². The number of amides is 2. The quantitative estimate of drug-likeness (QED) is 0.886. The molecule has 0 spiro atoms. The maximum atomic E-state index is 12.0. The summed E-state index contributed by atoms with van der Waals surface area (Å²) >= 11 is 1.73. The van der Waals surface area contributed by atoms with Crippen LogP contribution in [-0.4, -0.2) is 36.1 Å². The predicted octanol–water partition coefficient (Wildman–Crippen LogP) is 3.76. The van der Waals surface area contributed by atoms with E-state index in [4.69, 9.17) is 0 Å². The fraction of sp³-hybridized carbons (Fsp3) is 0.706. The number of nitrogens with one attached hydrogen (secondary N) is 2. The lowest BCUT2D eigenvalue weighted by Gasteiger charge is -2.31. The maximum Gasteiger partial charge on any atom is 0.315 e. The van der Waals surface area contributed by atoms with Crippen molar-refractivity contribution in [3.05, 3.63) is 22.4 Å². The van der Waals surface area contributed by atoms with Crippen molar-refractivity contribution in [2.75, 3.05) is 19.6 Å². The molecule has 0 aliphatic carbocycles. The first-order chi connectivity index (χ1) is 10.5. The van der Waals surface area contributed by atoms with Gasteiger partial charge in [0.25, 0.3) is 0 Å². The van der Waals surface area contributed by atoms with E-state index in [0.717, 1.165) is 13.1 Å². The Morgan fingerprint density at radius 1 is 1.27 bits per heavy atom. The number of carbonyl (C=O) groups excluding carboxylic acids is 1. The first-order valence-electron chi connectivity index (χ1n) is 8.28. The molecule has 1 unspecified atom stereocenters. The number of urea groups is 1. The largest absolute Gasteiger partial charge is 0.336 e. The van der Waals surface area contributed by atoms with Crippen molar-refractivity contribution in [3.8, 4) is 0 Å². The zero-order chi connectivity index (χ0) is 16.0. The molecule has 1 aliphatic heterocycles. The van der Waals surface area contributed by atoms with Crippen LogP contribution in [0.4, 0.5) is 4.79 Å². The van der Waals surface area contributed by atoms with E-state index in [0.29, 0.717) is 6.54 Å². The molecule has 124 valence electrons. The Morgan fingerprint density at radius 3 is 2.50 bits per heavy atom. The Balaban J connectivity index is 1.97. The highest BCUT2D eigenvalue weighted by Gasteiger charge is 2.23. The molecular formula is C17H29N3OS. The van der Waals surface area contributed by atoms with Crippen LogP contribution in [0.15, 0.2) is 16.8 Å². The summed E-state index contributed by atoms with van der Waals surface area (Å²) in [6.45, 7) is 8.91. The number of hydrogen-bond acceptors (Lipinski definition) is 3. The van der Waals surface area contributed by atoms with Gasteiger partial charge in [0.1, 0.15) is 0 Å². The minimum absolute atomic E-state index is 0.0810. The second-order valence-corrected chi connectivity index (χ2v) is 7.89. The van der Waals surface area contributed by atoms with Gasteiger partial charge < -0.3 is 10.6 Å². The minimum atomic E-state index is -0.204. The molecule has 22 heavy (non-hydrogen) atoms. The van der Waals surface area contributed by atoms with Crippen LogP contribution in [0.25, 0.3) is 0 Å². The molecule has 1 saturated heterocycles. The lowest BCUT2D eigenvalue weighted by Crippen LogP contribution is -2.48. The normalized spacial score (nSPS) is 18.5. The Morgan fingerprint density at radius 2 is 1.95 bits per heavy atom. The van der Waals surface area contributed by atoms with Crippen molar-refractivity contribution < 1.29 is 4.79 Å². The molecular weight excluding hydrogens is 294 g/mol. The minimum Gasteiger partial charge on any atom is -0.336 e. The monoisotopic (exact) mass is 323 g/mol. The molecule has 2 heterocycles. The third-order valence-electron chi connectivity index (χ3n) is 3.95. The lowest BCUT2D eigenvalue weighted by atomic mass is 10.1. The van der Waals surface area contributed by atoms with Gasteiger partial charge in [0.05, 0.1) is 6.04 Å². The van der Waals surface area contributed by atoms with Gasteiger partial charge >= 0.3 is 6.03 Å². The Bertz CT molecular complexity index is 445. The Kier molecular flexibility index (Phi) is 6.26. The smallest absolute Gasteiger partial charge is 0.315 e. The van der Waals surface area contributed by atoms with Crippen molar-refractivity contribution in [2.24, 2.45) is 0 Å². The fourth-order valence-electron chi connectivity index (χ4n) is 2.90. The summed E-state index contributed by atoms with van der Waals surface area (Å²) < 4.78 is 0. The molecule has 1 atom stereocenters. The van der Waals surface area contributed by atoms with Gasteiger partial charge in [-0.25, -0.2) is 4.79 Å². The molecule has 1 aromatic heterocycles. The predicted molar refractivity (Wildman–Crippen MR) is 93.4 cm³/mol. The summed E-state index contributed by atoms with van der Waals surface area (Å²) in [4.78, 5) is 14.6. The van der Waals surface area contributed by atoms with E-state index in [2.05, 4.69) is 32.4 Å². The molecule has 1 aromatic rings. The van der Waals surface area contributed by atoms with E-state index in [1.807, 2.05) is 20.8 Å². The number of nitrogens with zero attached hydrogens (tertiary/aromatic N) is 1. The molecule has 2 N–H and O–H groups in total. The molecule has 0 saturated carbocycles. The number of rotatable bonds is 4. The topological polar surface area (TPSA) is 44.4 Å². The van der Waals surface area contributed by atoms with E-state index < -0.39 is 0 Å². The van der Waals surface area contributed by atoms with Crippen LogP contribution in [0.5, 0.6) is 0 Å². The maximum absolute atomic E-state index is 12.0. The Labute approximate surface area is 138 Å². The van der Waals surface area contributed by atoms with E-state index in [1.165, 1.54) is 31.2 Å². The molecule has 2 rings (SSSR count). The van der Waals surface area contributed by atoms with E-state index in [-0.39, 0.29) is 17.6 Å². The van der Waals surface area contributed by atoms with Gasteiger partial charge in [-0.2, -0.15) is 11.3 Å². The summed E-state index contributed by atoms with van der Waals surface area (Å²) in [5, 5.41) is 10.4. The van der Waals surface area contributed by atoms with Gasteiger partial charge in [-0.05, 0) is 69.1 Å². The van der Waals surface area contributed by atoms with Crippen LogP contribution < -0.4 is 10.6 Å². The number of thiophene rings is 1.